The lowest BCUT2D eigenvalue weighted by Gasteiger charge is -2.08. The first-order valence-corrected chi connectivity index (χ1v) is 6.52. The topological polar surface area (TPSA) is 12.9 Å². The number of hydrogen-bond acceptors (Lipinski definition) is 1. The first kappa shape index (κ1) is 12.5. The van der Waals surface area contributed by atoms with Crippen LogP contribution < -0.4 is 0 Å². The minimum Gasteiger partial charge on any atom is -0.256 e. The average molecular weight is 263 g/mol. The van der Waals surface area contributed by atoms with Crippen molar-refractivity contribution in [1.82, 2.24) is 4.98 Å². The van der Waals surface area contributed by atoms with Gasteiger partial charge in [0.15, 0.2) is 0 Å². The molecule has 2 heteroatoms. The molecule has 0 aliphatic carbocycles. The molecule has 0 saturated heterocycles. The van der Waals surface area contributed by atoms with Gasteiger partial charge in [0.25, 0.3) is 0 Å². The number of aryl methyl sites for hydroxylation is 1. The molecule has 0 N–H and O–H groups in total. The summed E-state index contributed by atoms with van der Waals surface area (Å²) >= 11 is 0. The van der Waals surface area contributed by atoms with Gasteiger partial charge < -0.3 is 0 Å². The summed E-state index contributed by atoms with van der Waals surface area (Å²) in [6.45, 7) is 2.05. The van der Waals surface area contributed by atoms with E-state index < -0.39 is 0 Å². The van der Waals surface area contributed by atoms with E-state index in [0.717, 1.165) is 27.9 Å². The average Bonchev–Trinajstić information content (AvgIpc) is 2.49. The van der Waals surface area contributed by atoms with Gasteiger partial charge in [-0.25, -0.2) is 4.39 Å². The molecular weight excluding hydrogens is 249 g/mol. The van der Waals surface area contributed by atoms with Gasteiger partial charge in [-0.2, -0.15) is 0 Å². The van der Waals surface area contributed by atoms with Crippen LogP contribution in [0.15, 0.2) is 66.9 Å². The second-order valence-corrected chi connectivity index (χ2v) is 4.76. The van der Waals surface area contributed by atoms with Crippen LogP contribution in [0, 0.1) is 12.7 Å². The molecule has 0 fully saturated rings. The molecule has 0 bridgehead atoms. The number of benzene rings is 2. The third-order valence-corrected chi connectivity index (χ3v) is 3.34. The van der Waals surface area contributed by atoms with Crippen molar-refractivity contribution in [2.45, 2.75) is 6.92 Å². The third-order valence-electron chi connectivity index (χ3n) is 3.34. The number of pyridine rings is 1. The van der Waals surface area contributed by atoms with Crippen LogP contribution in [0.3, 0.4) is 0 Å². The second kappa shape index (κ2) is 5.25. The zero-order valence-electron chi connectivity index (χ0n) is 11.2. The number of nitrogens with zero attached hydrogens (tertiary/aromatic N) is 1. The molecule has 0 aliphatic rings. The maximum absolute atomic E-state index is 13.0. The summed E-state index contributed by atoms with van der Waals surface area (Å²) in [7, 11) is 0. The van der Waals surface area contributed by atoms with Gasteiger partial charge in [-0.05, 0) is 36.2 Å². The molecule has 1 nitrogen and oxygen atoms in total. The predicted molar refractivity (Wildman–Crippen MR) is 79.8 cm³/mol. The lowest BCUT2D eigenvalue weighted by Crippen LogP contribution is -1.89. The van der Waals surface area contributed by atoms with Crippen molar-refractivity contribution in [3.63, 3.8) is 0 Å². The fourth-order valence-corrected chi connectivity index (χ4v) is 2.25. The molecule has 20 heavy (non-hydrogen) atoms. The maximum atomic E-state index is 13.0. The molecule has 0 spiro atoms. The van der Waals surface area contributed by atoms with E-state index in [9.17, 15) is 4.39 Å². The summed E-state index contributed by atoms with van der Waals surface area (Å²) < 4.78 is 13.0. The van der Waals surface area contributed by atoms with Gasteiger partial charge in [-0.3, -0.25) is 4.98 Å². The summed E-state index contributed by atoms with van der Waals surface area (Å²) in [5.41, 5.74) is 5.20. The van der Waals surface area contributed by atoms with E-state index in [1.54, 1.807) is 12.1 Å². The van der Waals surface area contributed by atoms with Gasteiger partial charge in [-0.1, -0.05) is 42.5 Å². The van der Waals surface area contributed by atoms with Crippen LogP contribution in [-0.4, -0.2) is 4.98 Å². The molecular formula is C18H14FN. The second-order valence-electron chi connectivity index (χ2n) is 4.76. The maximum Gasteiger partial charge on any atom is 0.123 e. The van der Waals surface area contributed by atoms with E-state index in [1.165, 1.54) is 12.1 Å². The zero-order valence-corrected chi connectivity index (χ0v) is 11.2. The van der Waals surface area contributed by atoms with Crippen LogP contribution in [0.1, 0.15) is 5.56 Å². The first-order valence-electron chi connectivity index (χ1n) is 6.52. The Morgan fingerprint density at radius 3 is 2.20 bits per heavy atom. The predicted octanol–water partition coefficient (Wildman–Crippen LogP) is 4.86. The van der Waals surface area contributed by atoms with E-state index >= 15 is 0 Å². The highest BCUT2D eigenvalue weighted by molar-refractivity contribution is 5.70. The lowest BCUT2D eigenvalue weighted by molar-refractivity contribution is 0.628. The summed E-state index contributed by atoms with van der Waals surface area (Å²) in [6, 6.07) is 18.6. The van der Waals surface area contributed by atoms with Crippen LogP contribution >= 0.6 is 0 Å². The van der Waals surface area contributed by atoms with Gasteiger partial charge >= 0.3 is 0 Å². The quantitative estimate of drug-likeness (QED) is 0.643. The highest BCUT2D eigenvalue weighted by atomic mass is 19.1. The Balaban J connectivity index is 2.02. The van der Waals surface area contributed by atoms with Crippen molar-refractivity contribution >= 4 is 0 Å². The van der Waals surface area contributed by atoms with Crippen LogP contribution in [0.25, 0.3) is 22.4 Å². The SMILES string of the molecule is Cc1cc(-c2ccccc2)ncc1-c1ccc(F)cc1. The number of halogens is 1. The van der Waals surface area contributed by atoms with Crippen molar-refractivity contribution in [2.24, 2.45) is 0 Å². The van der Waals surface area contributed by atoms with E-state index in [-0.39, 0.29) is 5.82 Å². The first-order chi connectivity index (χ1) is 9.74. The highest BCUT2D eigenvalue weighted by Gasteiger charge is 2.05. The summed E-state index contributed by atoms with van der Waals surface area (Å²) in [4.78, 5) is 4.51. The largest absolute Gasteiger partial charge is 0.256 e. The fraction of sp³-hybridized carbons (Fsp3) is 0.0556. The van der Waals surface area contributed by atoms with Crippen molar-refractivity contribution in [3.8, 4) is 22.4 Å². The number of hydrogen-bond donors (Lipinski definition) is 0. The van der Waals surface area contributed by atoms with Crippen molar-refractivity contribution in [1.29, 1.82) is 0 Å². The lowest BCUT2D eigenvalue weighted by atomic mass is 10.0. The van der Waals surface area contributed by atoms with E-state index in [2.05, 4.69) is 11.1 Å². The summed E-state index contributed by atoms with van der Waals surface area (Å²) in [5.74, 6) is -0.222. The van der Waals surface area contributed by atoms with Crippen LogP contribution in [0.4, 0.5) is 4.39 Å². The molecule has 1 aromatic heterocycles. The van der Waals surface area contributed by atoms with Gasteiger partial charge in [0.05, 0.1) is 5.69 Å². The normalized spacial score (nSPS) is 10.5. The fourth-order valence-electron chi connectivity index (χ4n) is 2.25. The monoisotopic (exact) mass is 263 g/mol. The smallest absolute Gasteiger partial charge is 0.123 e. The van der Waals surface area contributed by atoms with E-state index in [4.69, 9.17) is 0 Å². The van der Waals surface area contributed by atoms with Crippen molar-refractivity contribution in [2.75, 3.05) is 0 Å². The Morgan fingerprint density at radius 1 is 0.850 bits per heavy atom. The van der Waals surface area contributed by atoms with E-state index in [0.29, 0.717) is 0 Å². The zero-order chi connectivity index (χ0) is 13.9. The molecule has 0 amide bonds. The Morgan fingerprint density at radius 2 is 1.55 bits per heavy atom. The highest BCUT2D eigenvalue weighted by Crippen LogP contribution is 2.26. The standard InChI is InChI=1S/C18H14FN/c1-13-11-18(15-5-3-2-4-6-15)20-12-17(13)14-7-9-16(19)10-8-14/h2-12H,1H3. The van der Waals surface area contributed by atoms with E-state index in [1.807, 2.05) is 43.5 Å². The molecule has 0 radical (unpaired) electrons. The molecule has 2 aromatic carbocycles. The Kier molecular flexibility index (Phi) is 3.30. The number of aromatic nitrogens is 1. The molecule has 0 atom stereocenters. The molecule has 0 saturated carbocycles. The minimum atomic E-state index is -0.222. The summed E-state index contributed by atoms with van der Waals surface area (Å²) in [5, 5.41) is 0. The van der Waals surface area contributed by atoms with Crippen molar-refractivity contribution < 1.29 is 4.39 Å². The van der Waals surface area contributed by atoms with Gasteiger partial charge in [0, 0.05) is 17.3 Å². The van der Waals surface area contributed by atoms with Crippen molar-refractivity contribution in [3.05, 3.63) is 78.2 Å². The molecule has 3 aromatic rings. The van der Waals surface area contributed by atoms with Gasteiger partial charge in [0.2, 0.25) is 0 Å². The van der Waals surface area contributed by atoms with Gasteiger partial charge in [-0.15, -0.1) is 0 Å². The Hall–Kier alpha value is -2.48. The summed E-state index contributed by atoms with van der Waals surface area (Å²) in [6.07, 6.45) is 1.85. The molecule has 3 rings (SSSR count). The Bertz CT molecular complexity index is 718. The third kappa shape index (κ3) is 2.45. The molecule has 0 unspecified atom stereocenters. The number of rotatable bonds is 2. The van der Waals surface area contributed by atoms with Crippen LogP contribution in [0.2, 0.25) is 0 Å². The van der Waals surface area contributed by atoms with Crippen LogP contribution in [-0.2, 0) is 0 Å². The van der Waals surface area contributed by atoms with Gasteiger partial charge in [0.1, 0.15) is 5.82 Å². The minimum absolute atomic E-state index is 0.222. The molecule has 1 heterocycles. The molecule has 0 aliphatic heterocycles. The van der Waals surface area contributed by atoms with Crippen LogP contribution in [0.5, 0.6) is 0 Å². The molecule has 98 valence electrons. The Labute approximate surface area is 117 Å².